The third kappa shape index (κ3) is 4.06. The Labute approximate surface area is 106 Å². The fraction of sp³-hybridized carbons (Fsp3) is 0.333. The van der Waals surface area contributed by atoms with Gasteiger partial charge in [0.1, 0.15) is 0 Å². The van der Waals surface area contributed by atoms with Crippen LogP contribution in [0.3, 0.4) is 0 Å². The molecule has 0 aromatic heterocycles. The van der Waals surface area contributed by atoms with Crippen LogP contribution in [0.4, 0.5) is 10.5 Å². The molecular formula is C12H18N4O2. The molecule has 0 heterocycles. The number of rotatable bonds is 5. The molecule has 5 N–H and O–H groups in total. The van der Waals surface area contributed by atoms with Gasteiger partial charge in [-0.2, -0.15) is 0 Å². The van der Waals surface area contributed by atoms with Crippen molar-refractivity contribution in [3.63, 3.8) is 0 Å². The third-order valence-corrected chi connectivity index (χ3v) is 2.19. The summed E-state index contributed by atoms with van der Waals surface area (Å²) in [5.41, 5.74) is 6.20. The van der Waals surface area contributed by atoms with Gasteiger partial charge in [0.25, 0.3) is 5.91 Å². The molecule has 98 valence electrons. The van der Waals surface area contributed by atoms with Gasteiger partial charge < -0.3 is 21.7 Å². The molecule has 6 heteroatoms. The predicted octanol–water partition coefficient (Wildman–Crippen LogP) is 0.516. The van der Waals surface area contributed by atoms with E-state index in [2.05, 4.69) is 16.0 Å². The Balaban J connectivity index is 2.79. The van der Waals surface area contributed by atoms with Gasteiger partial charge in [0, 0.05) is 19.6 Å². The molecule has 0 saturated carbocycles. The maximum atomic E-state index is 11.8. The van der Waals surface area contributed by atoms with E-state index < -0.39 is 0 Å². The molecule has 1 rings (SSSR count). The number of hydrogen-bond donors (Lipinski definition) is 4. The van der Waals surface area contributed by atoms with Crippen molar-refractivity contribution in [3.05, 3.63) is 29.8 Å². The van der Waals surface area contributed by atoms with Gasteiger partial charge in [-0.05, 0) is 19.1 Å². The Morgan fingerprint density at radius 2 is 1.94 bits per heavy atom. The van der Waals surface area contributed by atoms with Crippen molar-refractivity contribution in [1.29, 1.82) is 0 Å². The molecule has 0 unspecified atom stereocenters. The average Bonchev–Trinajstić information content (AvgIpc) is 2.37. The first-order valence-corrected chi connectivity index (χ1v) is 5.81. The van der Waals surface area contributed by atoms with Crippen molar-refractivity contribution < 1.29 is 9.59 Å². The highest BCUT2D eigenvalue weighted by atomic mass is 16.2. The van der Waals surface area contributed by atoms with Gasteiger partial charge in [-0.15, -0.1) is 0 Å². The van der Waals surface area contributed by atoms with E-state index in [0.29, 0.717) is 30.9 Å². The zero-order valence-corrected chi connectivity index (χ0v) is 10.3. The number of benzene rings is 1. The lowest BCUT2D eigenvalue weighted by atomic mass is 10.1. The van der Waals surface area contributed by atoms with Gasteiger partial charge in [-0.25, -0.2) is 4.79 Å². The standard InChI is InChI=1S/C12H18N4O2/c1-2-14-12(18)16-10-6-4-3-5-9(10)11(17)15-8-7-13/h3-6H,2,7-8,13H2,1H3,(H,15,17)(H2,14,16,18). The SMILES string of the molecule is CCNC(=O)Nc1ccccc1C(=O)NCCN. The highest BCUT2D eigenvalue weighted by Gasteiger charge is 2.11. The monoisotopic (exact) mass is 250 g/mol. The molecule has 0 bridgehead atoms. The fourth-order valence-electron chi connectivity index (χ4n) is 1.40. The van der Waals surface area contributed by atoms with Crippen molar-refractivity contribution in [2.45, 2.75) is 6.92 Å². The summed E-state index contributed by atoms with van der Waals surface area (Å²) in [7, 11) is 0. The topological polar surface area (TPSA) is 96.2 Å². The molecule has 1 aromatic rings. The summed E-state index contributed by atoms with van der Waals surface area (Å²) in [5.74, 6) is -0.257. The quantitative estimate of drug-likeness (QED) is 0.613. The van der Waals surface area contributed by atoms with Gasteiger partial charge in [0.15, 0.2) is 0 Å². The summed E-state index contributed by atoms with van der Waals surface area (Å²) in [6.45, 7) is 3.11. The smallest absolute Gasteiger partial charge is 0.319 e. The highest BCUT2D eigenvalue weighted by molar-refractivity contribution is 6.03. The lowest BCUT2D eigenvalue weighted by Crippen LogP contribution is -2.32. The number of urea groups is 1. The molecule has 0 atom stereocenters. The first kappa shape index (κ1) is 14.0. The summed E-state index contributed by atoms with van der Waals surface area (Å²) in [6, 6.07) is 6.47. The van der Waals surface area contributed by atoms with Crippen molar-refractivity contribution in [2.24, 2.45) is 5.73 Å². The van der Waals surface area contributed by atoms with E-state index in [4.69, 9.17) is 5.73 Å². The molecule has 6 nitrogen and oxygen atoms in total. The normalized spacial score (nSPS) is 9.67. The van der Waals surface area contributed by atoms with Crippen LogP contribution in [0.15, 0.2) is 24.3 Å². The predicted molar refractivity (Wildman–Crippen MR) is 70.5 cm³/mol. The van der Waals surface area contributed by atoms with E-state index in [1.165, 1.54) is 0 Å². The van der Waals surface area contributed by atoms with E-state index in [0.717, 1.165) is 0 Å². The Morgan fingerprint density at radius 3 is 2.61 bits per heavy atom. The van der Waals surface area contributed by atoms with E-state index in [1.54, 1.807) is 24.3 Å². The van der Waals surface area contributed by atoms with Crippen molar-refractivity contribution in [2.75, 3.05) is 25.0 Å². The second kappa shape index (κ2) is 7.29. The van der Waals surface area contributed by atoms with Crippen LogP contribution in [-0.2, 0) is 0 Å². The van der Waals surface area contributed by atoms with Gasteiger partial charge >= 0.3 is 6.03 Å². The van der Waals surface area contributed by atoms with E-state index in [-0.39, 0.29) is 11.9 Å². The Hall–Kier alpha value is -2.08. The largest absolute Gasteiger partial charge is 0.351 e. The summed E-state index contributed by atoms with van der Waals surface area (Å²) < 4.78 is 0. The average molecular weight is 250 g/mol. The number of carbonyl (C=O) groups is 2. The molecule has 0 aliphatic rings. The molecule has 0 radical (unpaired) electrons. The summed E-state index contributed by atoms with van der Waals surface area (Å²) in [6.07, 6.45) is 0. The molecular weight excluding hydrogens is 232 g/mol. The first-order chi connectivity index (χ1) is 8.69. The molecule has 0 aliphatic carbocycles. The second-order valence-corrected chi connectivity index (χ2v) is 3.57. The van der Waals surface area contributed by atoms with Crippen molar-refractivity contribution in [1.82, 2.24) is 10.6 Å². The molecule has 0 aliphatic heterocycles. The zero-order chi connectivity index (χ0) is 13.4. The Bertz CT molecular complexity index is 420. The zero-order valence-electron chi connectivity index (χ0n) is 10.3. The molecule has 1 aromatic carbocycles. The van der Waals surface area contributed by atoms with Crippen LogP contribution in [0.25, 0.3) is 0 Å². The third-order valence-electron chi connectivity index (χ3n) is 2.19. The van der Waals surface area contributed by atoms with Crippen LogP contribution in [0.2, 0.25) is 0 Å². The second-order valence-electron chi connectivity index (χ2n) is 3.57. The summed E-state index contributed by atoms with van der Waals surface area (Å²) in [4.78, 5) is 23.3. The fourth-order valence-corrected chi connectivity index (χ4v) is 1.40. The van der Waals surface area contributed by atoms with Crippen molar-refractivity contribution in [3.8, 4) is 0 Å². The highest BCUT2D eigenvalue weighted by Crippen LogP contribution is 2.14. The molecule has 0 saturated heterocycles. The van der Waals surface area contributed by atoms with E-state index in [1.807, 2.05) is 6.92 Å². The maximum Gasteiger partial charge on any atom is 0.319 e. The van der Waals surface area contributed by atoms with Crippen LogP contribution in [0.5, 0.6) is 0 Å². The minimum atomic E-state index is -0.337. The van der Waals surface area contributed by atoms with Crippen LogP contribution >= 0.6 is 0 Å². The van der Waals surface area contributed by atoms with Crippen LogP contribution in [0, 0.1) is 0 Å². The van der Waals surface area contributed by atoms with Gasteiger partial charge in [-0.1, -0.05) is 12.1 Å². The number of nitrogens with one attached hydrogen (secondary N) is 3. The summed E-state index contributed by atoms with van der Waals surface area (Å²) in [5, 5.41) is 7.89. The number of nitrogens with two attached hydrogens (primary N) is 1. The lowest BCUT2D eigenvalue weighted by Gasteiger charge is -2.11. The first-order valence-electron chi connectivity index (χ1n) is 5.81. The summed E-state index contributed by atoms with van der Waals surface area (Å²) >= 11 is 0. The Morgan fingerprint density at radius 1 is 1.22 bits per heavy atom. The number of anilines is 1. The van der Waals surface area contributed by atoms with Crippen molar-refractivity contribution >= 4 is 17.6 Å². The molecule has 18 heavy (non-hydrogen) atoms. The van der Waals surface area contributed by atoms with E-state index in [9.17, 15) is 9.59 Å². The van der Waals surface area contributed by atoms with E-state index >= 15 is 0 Å². The van der Waals surface area contributed by atoms with Crippen LogP contribution in [0.1, 0.15) is 17.3 Å². The molecule has 0 spiro atoms. The lowest BCUT2D eigenvalue weighted by molar-refractivity contribution is 0.0955. The number of amides is 3. The van der Waals surface area contributed by atoms with Gasteiger partial charge in [0.05, 0.1) is 11.3 Å². The molecule has 0 fully saturated rings. The maximum absolute atomic E-state index is 11.8. The number of para-hydroxylation sites is 1. The number of hydrogen-bond acceptors (Lipinski definition) is 3. The van der Waals surface area contributed by atoms with Gasteiger partial charge in [-0.3, -0.25) is 4.79 Å². The number of carbonyl (C=O) groups excluding carboxylic acids is 2. The van der Waals surface area contributed by atoms with Crippen LogP contribution < -0.4 is 21.7 Å². The van der Waals surface area contributed by atoms with Crippen LogP contribution in [-0.4, -0.2) is 31.6 Å². The minimum Gasteiger partial charge on any atom is -0.351 e. The Kier molecular flexibility index (Phi) is 5.66. The van der Waals surface area contributed by atoms with Gasteiger partial charge in [0.2, 0.25) is 0 Å². The molecule has 3 amide bonds. The minimum absolute atomic E-state index is 0.257.